The Morgan fingerprint density at radius 2 is 2.07 bits per heavy atom. The van der Waals surface area contributed by atoms with Crippen molar-refractivity contribution < 1.29 is 14.6 Å². The topological polar surface area (TPSA) is 49.8 Å². The summed E-state index contributed by atoms with van der Waals surface area (Å²) in [4.78, 5) is 13.2. The number of ether oxygens (including phenoxy) is 1. The quantitative estimate of drug-likeness (QED) is 0.617. The molecule has 1 atom stereocenters. The molecule has 1 N–H and O–H groups in total. The minimum absolute atomic E-state index is 0.0913. The summed E-state index contributed by atoms with van der Waals surface area (Å²) in [6.07, 6.45) is 0.532. The second-order valence-corrected chi connectivity index (χ2v) is 3.56. The first-order valence-corrected chi connectivity index (χ1v) is 5.70. The van der Waals surface area contributed by atoms with E-state index in [4.69, 9.17) is 4.74 Å². The molecule has 0 heterocycles. The number of nitrogens with zero attached hydrogens (tertiary/aromatic N) is 1. The number of carbonyl (C=O) groups is 1. The molecule has 0 aromatic carbocycles. The summed E-state index contributed by atoms with van der Waals surface area (Å²) in [5.41, 5.74) is 0. The molecule has 0 fully saturated rings. The van der Waals surface area contributed by atoms with Gasteiger partial charge in [0.05, 0.1) is 19.1 Å². The van der Waals surface area contributed by atoms with Gasteiger partial charge in [-0.05, 0) is 26.4 Å². The van der Waals surface area contributed by atoms with E-state index >= 15 is 0 Å². The zero-order valence-corrected chi connectivity index (χ0v) is 10.0. The van der Waals surface area contributed by atoms with Crippen molar-refractivity contribution in [1.82, 2.24) is 4.90 Å². The van der Waals surface area contributed by atoms with Crippen molar-refractivity contribution in [3.05, 3.63) is 0 Å². The van der Waals surface area contributed by atoms with Gasteiger partial charge in [0.1, 0.15) is 0 Å². The number of aliphatic hydroxyl groups is 1. The largest absolute Gasteiger partial charge is 0.466 e. The maximum absolute atomic E-state index is 11.1. The van der Waals surface area contributed by atoms with Crippen molar-refractivity contribution in [2.45, 2.75) is 39.7 Å². The summed E-state index contributed by atoms with van der Waals surface area (Å²) in [7, 11) is 0. The molecule has 0 amide bonds. The molecule has 1 unspecified atom stereocenters. The highest BCUT2D eigenvalue weighted by Gasteiger charge is 2.14. The Morgan fingerprint density at radius 3 is 2.53 bits per heavy atom. The van der Waals surface area contributed by atoms with Crippen molar-refractivity contribution in [2.75, 3.05) is 26.2 Å². The van der Waals surface area contributed by atoms with Crippen LogP contribution in [0, 0.1) is 0 Å². The smallest absolute Gasteiger partial charge is 0.308 e. The van der Waals surface area contributed by atoms with E-state index in [0.29, 0.717) is 13.2 Å². The van der Waals surface area contributed by atoms with Gasteiger partial charge in [0.2, 0.25) is 0 Å². The lowest BCUT2D eigenvalue weighted by molar-refractivity contribution is -0.145. The molecule has 15 heavy (non-hydrogen) atoms. The summed E-state index contributed by atoms with van der Waals surface area (Å²) < 4.78 is 4.77. The van der Waals surface area contributed by atoms with Gasteiger partial charge in [0.25, 0.3) is 0 Å². The fraction of sp³-hybridized carbons (Fsp3) is 0.909. The van der Waals surface area contributed by atoms with Gasteiger partial charge in [-0.2, -0.15) is 0 Å². The molecule has 0 aromatic heterocycles. The van der Waals surface area contributed by atoms with Crippen LogP contribution in [0.3, 0.4) is 0 Å². The Labute approximate surface area is 92.2 Å². The molecular weight excluding hydrogens is 194 g/mol. The van der Waals surface area contributed by atoms with Gasteiger partial charge in [-0.1, -0.05) is 13.8 Å². The molecule has 0 saturated carbocycles. The lowest BCUT2D eigenvalue weighted by atomic mass is 10.2. The molecule has 0 radical (unpaired) electrons. The molecule has 0 aliphatic heterocycles. The van der Waals surface area contributed by atoms with E-state index in [-0.39, 0.29) is 12.4 Å². The zero-order chi connectivity index (χ0) is 11.7. The molecule has 4 heteroatoms. The molecule has 0 rings (SSSR count). The highest BCUT2D eigenvalue weighted by Crippen LogP contribution is 2.00. The average Bonchev–Trinajstić information content (AvgIpc) is 2.17. The van der Waals surface area contributed by atoms with Gasteiger partial charge in [0.15, 0.2) is 0 Å². The van der Waals surface area contributed by atoms with E-state index in [1.54, 1.807) is 6.92 Å². The molecular formula is C11H23NO3. The Morgan fingerprint density at radius 1 is 1.40 bits per heavy atom. The van der Waals surface area contributed by atoms with Crippen molar-refractivity contribution in [1.29, 1.82) is 0 Å². The van der Waals surface area contributed by atoms with Crippen LogP contribution in [0.25, 0.3) is 0 Å². The predicted octanol–water partition coefficient (Wildman–Crippen LogP) is 1.03. The van der Waals surface area contributed by atoms with Gasteiger partial charge >= 0.3 is 5.97 Å². The number of aliphatic hydroxyl groups excluding tert-OH is 1. The fourth-order valence-corrected chi connectivity index (χ4v) is 1.47. The van der Waals surface area contributed by atoms with Crippen molar-refractivity contribution in [2.24, 2.45) is 0 Å². The number of hydrogen-bond donors (Lipinski definition) is 1. The zero-order valence-electron chi connectivity index (χ0n) is 10.0. The maximum atomic E-state index is 11.1. The molecule has 0 spiro atoms. The van der Waals surface area contributed by atoms with Crippen LogP contribution in [-0.2, 0) is 9.53 Å². The Hall–Kier alpha value is -0.610. The minimum Gasteiger partial charge on any atom is -0.466 e. The number of rotatable bonds is 8. The lowest BCUT2D eigenvalue weighted by Crippen LogP contribution is -2.34. The second kappa shape index (κ2) is 8.68. The normalized spacial score (nSPS) is 12.9. The second-order valence-electron chi connectivity index (χ2n) is 3.56. The standard InChI is InChI=1S/C11H23NO3/c1-4-7-12(5-2)9-10(13)8-11(14)15-6-3/h10,13H,4-9H2,1-3H3. The number of hydrogen-bond acceptors (Lipinski definition) is 4. The van der Waals surface area contributed by atoms with Crippen LogP contribution >= 0.6 is 0 Å². The van der Waals surface area contributed by atoms with E-state index < -0.39 is 6.10 Å². The Bertz CT molecular complexity index is 173. The van der Waals surface area contributed by atoms with Crippen LogP contribution < -0.4 is 0 Å². The van der Waals surface area contributed by atoms with Gasteiger partial charge in [-0.25, -0.2) is 0 Å². The molecule has 0 saturated heterocycles. The highest BCUT2D eigenvalue weighted by molar-refractivity contribution is 5.69. The van der Waals surface area contributed by atoms with Crippen LogP contribution in [-0.4, -0.2) is 48.3 Å². The fourth-order valence-electron chi connectivity index (χ4n) is 1.47. The Balaban J connectivity index is 3.79. The van der Waals surface area contributed by atoms with Crippen molar-refractivity contribution >= 4 is 5.97 Å². The van der Waals surface area contributed by atoms with E-state index in [0.717, 1.165) is 19.5 Å². The van der Waals surface area contributed by atoms with Crippen LogP contribution in [0.4, 0.5) is 0 Å². The van der Waals surface area contributed by atoms with Gasteiger partial charge < -0.3 is 14.7 Å². The van der Waals surface area contributed by atoms with Crippen LogP contribution in [0.2, 0.25) is 0 Å². The van der Waals surface area contributed by atoms with E-state index in [1.165, 1.54) is 0 Å². The third-order valence-corrected chi connectivity index (χ3v) is 2.16. The first kappa shape index (κ1) is 14.4. The molecule has 0 aliphatic rings. The maximum Gasteiger partial charge on any atom is 0.308 e. The monoisotopic (exact) mass is 217 g/mol. The van der Waals surface area contributed by atoms with E-state index in [1.807, 2.05) is 6.92 Å². The molecule has 90 valence electrons. The van der Waals surface area contributed by atoms with Gasteiger partial charge in [0, 0.05) is 6.54 Å². The van der Waals surface area contributed by atoms with Crippen LogP contribution in [0.5, 0.6) is 0 Å². The van der Waals surface area contributed by atoms with E-state index in [2.05, 4.69) is 11.8 Å². The SMILES string of the molecule is CCCN(CC)CC(O)CC(=O)OCC. The lowest BCUT2D eigenvalue weighted by Gasteiger charge is -2.22. The van der Waals surface area contributed by atoms with Crippen LogP contribution in [0.1, 0.15) is 33.6 Å². The van der Waals surface area contributed by atoms with Gasteiger partial charge in [-0.15, -0.1) is 0 Å². The van der Waals surface area contributed by atoms with Crippen molar-refractivity contribution in [3.8, 4) is 0 Å². The molecule has 0 bridgehead atoms. The molecule has 4 nitrogen and oxygen atoms in total. The first-order valence-electron chi connectivity index (χ1n) is 5.70. The third kappa shape index (κ3) is 7.33. The summed E-state index contributed by atoms with van der Waals surface area (Å²) >= 11 is 0. The highest BCUT2D eigenvalue weighted by atomic mass is 16.5. The van der Waals surface area contributed by atoms with E-state index in [9.17, 15) is 9.90 Å². The average molecular weight is 217 g/mol. The number of likely N-dealkylation sites (N-methyl/N-ethyl adjacent to an activating group) is 1. The number of esters is 1. The third-order valence-electron chi connectivity index (χ3n) is 2.16. The summed E-state index contributed by atoms with van der Waals surface area (Å²) in [6.45, 7) is 8.68. The van der Waals surface area contributed by atoms with Crippen LogP contribution in [0.15, 0.2) is 0 Å². The summed E-state index contributed by atoms with van der Waals surface area (Å²) in [6, 6.07) is 0. The van der Waals surface area contributed by atoms with Gasteiger partial charge in [-0.3, -0.25) is 4.79 Å². The molecule has 0 aliphatic carbocycles. The first-order chi connectivity index (χ1) is 7.13. The predicted molar refractivity (Wildman–Crippen MR) is 59.7 cm³/mol. The Kier molecular flexibility index (Phi) is 8.33. The minimum atomic E-state index is -0.615. The number of carbonyl (C=O) groups excluding carboxylic acids is 1. The summed E-state index contributed by atoms with van der Waals surface area (Å²) in [5.74, 6) is -0.322. The van der Waals surface area contributed by atoms with Crippen molar-refractivity contribution in [3.63, 3.8) is 0 Å². The summed E-state index contributed by atoms with van der Waals surface area (Å²) in [5, 5.41) is 9.63. The molecule has 0 aromatic rings.